The smallest absolute Gasteiger partial charge is 0.372 e. The lowest BCUT2D eigenvalue weighted by atomic mass is 10.2. The molecule has 0 amide bonds. The summed E-state index contributed by atoms with van der Waals surface area (Å²) in [6.07, 6.45) is 0. The van der Waals surface area contributed by atoms with Crippen molar-refractivity contribution in [1.82, 2.24) is 0 Å². The molecule has 0 aliphatic carbocycles. The second-order valence-electron chi connectivity index (χ2n) is 4.34. The zero-order valence-electron chi connectivity index (χ0n) is 11.3. The van der Waals surface area contributed by atoms with E-state index in [9.17, 15) is 9.59 Å². The van der Waals surface area contributed by atoms with Crippen molar-refractivity contribution in [3.8, 4) is 0 Å². The first-order valence-corrected chi connectivity index (χ1v) is 6.88. The molecule has 1 aromatic rings. The van der Waals surface area contributed by atoms with Gasteiger partial charge in [0.1, 0.15) is 13.2 Å². The Kier molecular flexibility index (Phi) is 6.42. The Morgan fingerprint density at radius 1 is 1.11 bits per heavy atom. The maximum Gasteiger partial charge on any atom is 0.372 e. The van der Waals surface area contributed by atoms with Crippen LogP contribution in [0.2, 0.25) is 0 Å². The van der Waals surface area contributed by atoms with Crippen molar-refractivity contribution < 1.29 is 19.1 Å². The Balaban J connectivity index is 2.21. The first-order valence-electron chi connectivity index (χ1n) is 6.07. The van der Waals surface area contributed by atoms with E-state index in [2.05, 4.69) is 0 Å². The molecule has 0 N–H and O–H groups in total. The summed E-state index contributed by atoms with van der Waals surface area (Å²) in [5, 5.41) is -0.399. The highest BCUT2D eigenvalue weighted by Gasteiger charge is 2.09. The van der Waals surface area contributed by atoms with Crippen molar-refractivity contribution in [3.05, 3.63) is 29.8 Å². The van der Waals surface area contributed by atoms with Gasteiger partial charge in [-0.15, -0.1) is 0 Å². The number of ether oxygens (including phenoxy) is 2. The highest BCUT2D eigenvalue weighted by atomic mass is 32.2. The van der Waals surface area contributed by atoms with E-state index in [1.165, 1.54) is 0 Å². The molecule has 0 aliphatic rings. The Morgan fingerprint density at radius 3 is 2.26 bits per heavy atom. The maximum absolute atomic E-state index is 11.5. The van der Waals surface area contributed by atoms with Crippen LogP contribution in [0.25, 0.3) is 0 Å². The minimum Gasteiger partial charge on any atom is -0.462 e. The molecule has 0 spiro atoms. The van der Waals surface area contributed by atoms with Gasteiger partial charge in [0.05, 0.1) is 5.92 Å². The van der Waals surface area contributed by atoms with Crippen molar-refractivity contribution >= 4 is 23.0 Å². The molecule has 19 heavy (non-hydrogen) atoms. The molecule has 1 rings (SSSR count). The van der Waals surface area contributed by atoms with Crippen LogP contribution in [0.1, 0.15) is 19.4 Å². The van der Waals surface area contributed by atoms with E-state index >= 15 is 0 Å². The van der Waals surface area contributed by atoms with Crippen LogP contribution in [0.4, 0.5) is 4.79 Å². The fourth-order valence-electron chi connectivity index (χ4n) is 1.17. The zero-order valence-corrected chi connectivity index (χ0v) is 12.2. The molecule has 5 heteroatoms. The van der Waals surface area contributed by atoms with Crippen LogP contribution >= 0.6 is 11.8 Å². The predicted octanol–water partition coefficient (Wildman–Crippen LogP) is 3.42. The largest absolute Gasteiger partial charge is 0.462 e. The number of esters is 1. The van der Waals surface area contributed by atoms with Crippen LogP contribution < -0.4 is 0 Å². The van der Waals surface area contributed by atoms with Gasteiger partial charge in [0.2, 0.25) is 0 Å². The number of hydrogen-bond acceptors (Lipinski definition) is 5. The minimum atomic E-state index is -0.399. The highest BCUT2D eigenvalue weighted by Crippen LogP contribution is 2.20. The van der Waals surface area contributed by atoms with Crippen molar-refractivity contribution in [1.29, 1.82) is 0 Å². The third-order valence-corrected chi connectivity index (χ3v) is 3.03. The molecule has 0 fully saturated rings. The Hall–Kier alpha value is -1.49. The average Bonchev–Trinajstić information content (AvgIpc) is 2.37. The van der Waals surface area contributed by atoms with E-state index in [-0.39, 0.29) is 25.1 Å². The topological polar surface area (TPSA) is 52.6 Å². The van der Waals surface area contributed by atoms with E-state index in [0.717, 1.165) is 22.2 Å². The van der Waals surface area contributed by atoms with Crippen LogP contribution in [0.5, 0.6) is 0 Å². The number of carbonyl (C=O) groups is 2. The first kappa shape index (κ1) is 15.6. The third-order valence-electron chi connectivity index (χ3n) is 2.24. The molecule has 104 valence electrons. The second-order valence-corrected chi connectivity index (χ2v) is 5.34. The monoisotopic (exact) mass is 282 g/mol. The lowest BCUT2D eigenvalue weighted by Crippen LogP contribution is -2.15. The van der Waals surface area contributed by atoms with Crippen LogP contribution in [0.15, 0.2) is 29.2 Å². The molecule has 0 aliphatic heterocycles. The van der Waals surface area contributed by atoms with E-state index in [1.54, 1.807) is 13.8 Å². The van der Waals surface area contributed by atoms with Crippen LogP contribution in [-0.2, 0) is 14.3 Å². The second kappa shape index (κ2) is 7.84. The van der Waals surface area contributed by atoms with Crippen LogP contribution in [0.3, 0.4) is 0 Å². The molecule has 4 nitrogen and oxygen atoms in total. The number of rotatable bonds is 5. The van der Waals surface area contributed by atoms with Gasteiger partial charge in [-0.25, -0.2) is 4.79 Å². The number of aryl methyl sites for hydroxylation is 1. The third kappa shape index (κ3) is 6.29. The van der Waals surface area contributed by atoms with E-state index < -0.39 is 5.30 Å². The Bertz CT molecular complexity index is 426. The summed E-state index contributed by atoms with van der Waals surface area (Å²) in [6, 6.07) is 7.58. The fourth-order valence-corrected chi connectivity index (χ4v) is 1.77. The lowest BCUT2D eigenvalue weighted by molar-refractivity contribution is -0.148. The normalized spacial score (nSPS) is 10.3. The van der Waals surface area contributed by atoms with Gasteiger partial charge in [0.15, 0.2) is 0 Å². The quantitative estimate of drug-likeness (QED) is 0.470. The molecule has 0 saturated heterocycles. The standard InChI is InChI=1S/C14H18O4S/c1-10(2)13(15)17-8-9-18-14(16)19-12-6-4-11(3)5-7-12/h4-7,10H,8-9H2,1-3H3. The Labute approximate surface area is 117 Å². The first-order chi connectivity index (χ1) is 8.99. The molecular weight excluding hydrogens is 264 g/mol. The van der Waals surface area contributed by atoms with Crippen molar-refractivity contribution in [2.24, 2.45) is 5.92 Å². The summed E-state index contributed by atoms with van der Waals surface area (Å²) >= 11 is 1.02. The number of thioether (sulfide) groups is 1. The van der Waals surface area contributed by atoms with Gasteiger partial charge in [0, 0.05) is 4.90 Å². The molecular formula is C14H18O4S. The Morgan fingerprint density at radius 2 is 1.68 bits per heavy atom. The van der Waals surface area contributed by atoms with E-state index in [4.69, 9.17) is 9.47 Å². The van der Waals surface area contributed by atoms with Gasteiger partial charge in [-0.05, 0) is 30.8 Å². The van der Waals surface area contributed by atoms with E-state index in [1.807, 2.05) is 31.2 Å². The van der Waals surface area contributed by atoms with Crippen molar-refractivity contribution in [2.45, 2.75) is 25.7 Å². The molecule has 0 atom stereocenters. The van der Waals surface area contributed by atoms with Gasteiger partial charge in [-0.3, -0.25) is 4.79 Å². The summed E-state index contributed by atoms with van der Waals surface area (Å²) in [5.74, 6) is -0.458. The van der Waals surface area contributed by atoms with Crippen LogP contribution in [-0.4, -0.2) is 24.5 Å². The van der Waals surface area contributed by atoms with Crippen LogP contribution in [0, 0.1) is 12.8 Å². The number of carbonyl (C=O) groups excluding carboxylic acids is 2. The van der Waals surface area contributed by atoms with Gasteiger partial charge < -0.3 is 9.47 Å². The summed E-state index contributed by atoms with van der Waals surface area (Å²) in [4.78, 5) is 23.4. The maximum atomic E-state index is 11.5. The number of hydrogen-bond donors (Lipinski definition) is 0. The molecule has 0 unspecified atom stereocenters. The number of benzene rings is 1. The summed E-state index contributed by atoms with van der Waals surface area (Å²) < 4.78 is 9.85. The molecule has 0 aromatic heterocycles. The average molecular weight is 282 g/mol. The summed E-state index contributed by atoms with van der Waals surface area (Å²) in [7, 11) is 0. The molecule has 0 heterocycles. The van der Waals surface area contributed by atoms with E-state index in [0.29, 0.717) is 0 Å². The molecule has 0 bridgehead atoms. The molecule has 0 radical (unpaired) electrons. The fraction of sp³-hybridized carbons (Fsp3) is 0.429. The minimum absolute atomic E-state index is 0.0795. The van der Waals surface area contributed by atoms with Gasteiger partial charge >= 0.3 is 11.3 Å². The predicted molar refractivity (Wildman–Crippen MR) is 74.2 cm³/mol. The highest BCUT2D eigenvalue weighted by molar-refractivity contribution is 8.13. The zero-order chi connectivity index (χ0) is 14.3. The van der Waals surface area contributed by atoms with Crippen molar-refractivity contribution in [3.63, 3.8) is 0 Å². The molecule has 1 aromatic carbocycles. The van der Waals surface area contributed by atoms with Gasteiger partial charge in [-0.1, -0.05) is 31.5 Å². The SMILES string of the molecule is Cc1ccc(SC(=O)OCCOC(=O)C(C)C)cc1. The lowest BCUT2D eigenvalue weighted by Gasteiger charge is -2.07. The summed E-state index contributed by atoms with van der Waals surface area (Å²) in [5.41, 5.74) is 1.14. The molecule has 0 saturated carbocycles. The summed E-state index contributed by atoms with van der Waals surface area (Å²) in [6.45, 7) is 5.66. The van der Waals surface area contributed by atoms with Gasteiger partial charge in [0.25, 0.3) is 0 Å². The van der Waals surface area contributed by atoms with Crippen molar-refractivity contribution in [2.75, 3.05) is 13.2 Å². The van der Waals surface area contributed by atoms with Gasteiger partial charge in [-0.2, -0.15) is 0 Å².